The van der Waals surface area contributed by atoms with Gasteiger partial charge in [-0.15, -0.1) is 13.2 Å². The fraction of sp³-hybridized carbons (Fsp3) is 0.762. The Kier molecular flexibility index (Phi) is 4.55. The number of carbonyl (C=O) groups is 1. The normalized spacial score (nSPS) is 40.6. The van der Waals surface area contributed by atoms with E-state index in [1.165, 1.54) is 6.42 Å². The van der Waals surface area contributed by atoms with E-state index in [9.17, 15) is 9.90 Å². The lowest BCUT2D eigenvalue weighted by Gasteiger charge is -2.38. The van der Waals surface area contributed by atoms with Crippen LogP contribution in [0.2, 0.25) is 0 Å². The summed E-state index contributed by atoms with van der Waals surface area (Å²) in [4.78, 5) is 12.4. The van der Waals surface area contributed by atoms with Gasteiger partial charge in [0, 0.05) is 17.3 Å². The molecule has 3 rings (SSSR count). The van der Waals surface area contributed by atoms with Crippen LogP contribution in [0.3, 0.4) is 0 Å². The smallest absolute Gasteiger partial charge is 0.407 e. The van der Waals surface area contributed by atoms with Gasteiger partial charge in [-0.3, -0.25) is 0 Å². The van der Waals surface area contributed by atoms with E-state index in [0.717, 1.165) is 25.7 Å². The second-order valence-corrected chi connectivity index (χ2v) is 9.11. The Labute approximate surface area is 151 Å². The van der Waals surface area contributed by atoms with Crippen LogP contribution in [0.15, 0.2) is 25.3 Å². The number of amides is 1. The Morgan fingerprint density at radius 2 is 1.80 bits per heavy atom. The van der Waals surface area contributed by atoms with E-state index in [2.05, 4.69) is 39.2 Å². The van der Waals surface area contributed by atoms with Gasteiger partial charge in [0.1, 0.15) is 6.10 Å². The molecule has 0 aromatic heterocycles. The summed E-state index contributed by atoms with van der Waals surface area (Å²) in [5, 5.41) is 13.9. The average molecular weight is 347 g/mol. The van der Waals surface area contributed by atoms with Crippen molar-refractivity contribution in [2.24, 2.45) is 28.6 Å². The summed E-state index contributed by atoms with van der Waals surface area (Å²) < 4.78 is 5.81. The van der Waals surface area contributed by atoms with E-state index >= 15 is 0 Å². The number of hydrogen-bond donors (Lipinski definition) is 2. The van der Waals surface area contributed by atoms with Gasteiger partial charge in [-0.2, -0.15) is 0 Å². The molecule has 0 aliphatic heterocycles. The molecule has 5 atom stereocenters. The van der Waals surface area contributed by atoms with Crippen molar-refractivity contribution in [2.45, 2.75) is 64.6 Å². The molecule has 2 N–H and O–H groups in total. The molecule has 3 saturated carbocycles. The topological polar surface area (TPSA) is 58.6 Å². The van der Waals surface area contributed by atoms with Crippen LogP contribution >= 0.6 is 0 Å². The summed E-state index contributed by atoms with van der Waals surface area (Å²) in [6, 6.07) is 0. The van der Waals surface area contributed by atoms with Crippen LogP contribution in [-0.2, 0) is 4.74 Å². The summed E-state index contributed by atoms with van der Waals surface area (Å²) in [6.07, 6.45) is 8.15. The fourth-order valence-electron chi connectivity index (χ4n) is 5.73. The van der Waals surface area contributed by atoms with Crippen molar-refractivity contribution < 1.29 is 14.6 Å². The molecule has 1 amide bonds. The molecule has 25 heavy (non-hydrogen) atoms. The molecule has 0 unspecified atom stereocenters. The van der Waals surface area contributed by atoms with Gasteiger partial charge in [-0.1, -0.05) is 32.9 Å². The SMILES string of the molecule is C=C[C@@H]1CC[C@@H](C=C)C1(O)CNC(=O)O[C@@H]1C[C@@H]2CC[C@@]1(C)C2(C)C. The first-order chi connectivity index (χ1) is 11.7. The highest BCUT2D eigenvalue weighted by Gasteiger charge is 2.63. The Morgan fingerprint density at radius 1 is 1.20 bits per heavy atom. The molecule has 3 aliphatic rings. The van der Waals surface area contributed by atoms with Crippen molar-refractivity contribution in [3.8, 4) is 0 Å². The van der Waals surface area contributed by atoms with E-state index < -0.39 is 11.7 Å². The van der Waals surface area contributed by atoms with Crippen molar-refractivity contribution in [3.63, 3.8) is 0 Å². The van der Waals surface area contributed by atoms with E-state index in [4.69, 9.17) is 4.74 Å². The molecule has 3 fully saturated rings. The number of hydrogen-bond acceptors (Lipinski definition) is 3. The van der Waals surface area contributed by atoms with Crippen LogP contribution in [0.1, 0.15) is 52.9 Å². The van der Waals surface area contributed by atoms with Crippen molar-refractivity contribution in [3.05, 3.63) is 25.3 Å². The second kappa shape index (κ2) is 6.15. The molecule has 4 heteroatoms. The summed E-state index contributed by atoms with van der Waals surface area (Å²) in [5.41, 5.74) is -0.754. The number of ether oxygens (including phenoxy) is 1. The van der Waals surface area contributed by atoms with Crippen molar-refractivity contribution in [1.29, 1.82) is 0 Å². The van der Waals surface area contributed by atoms with Gasteiger partial charge in [-0.05, 0) is 43.4 Å². The average Bonchev–Trinajstić information content (AvgIpc) is 3.07. The standard InChI is InChI=1S/C21H33NO3/c1-6-14-8-9-15(7-2)21(14,24)13-22-18(23)25-17-12-16-10-11-20(17,5)19(16,3)4/h6-7,14-17,24H,1-2,8-13H2,3-5H3,(H,22,23)/t14-,15-,16+,17-,20-/m1/s1. The van der Waals surface area contributed by atoms with Crippen LogP contribution in [0, 0.1) is 28.6 Å². The Balaban J connectivity index is 1.60. The van der Waals surface area contributed by atoms with Gasteiger partial charge in [0.2, 0.25) is 0 Å². The number of fused-ring (bicyclic) bond motifs is 2. The maximum absolute atomic E-state index is 12.4. The highest BCUT2D eigenvalue weighted by Crippen LogP contribution is 2.66. The van der Waals surface area contributed by atoms with Crippen molar-refractivity contribution in [2.75, 3.05) is 6.54 Å². The molecule has 140 valence electrons. The molecule has 4 nitrogen and oxygen atoms in total. The zero-order valence-electron chi connectivity index (χ0n) is 15.9. The maximum atomic E-state index is 12.4. The fourth-order valence-corrected chi connectivity index (χ4v) is 5.73. The van der Waals surface area contributed by atoms with Crippen molar-refractivity contribution in [1.82, 2.24) is 5.32 Å². The number of nitrogens with one attached hydrogen (secondary N) is 1. The Hall–Kier alpha value is -1.29. The first-order valence-electron chi connectivity index (χ1n) is 9.61. The predicted molar refractivity (Wildman–Crippen MR) is 99.1 cm³/mol. The lowest BCUT2D eigenvalue weighted by atomic mass is 9.70. The van der Waals surface area contributed by atoms with E-state index in [-0.39, 0.29) is 35.3 Å². The molecular weight excluding hydrogens is 314 g/mol. The lowest BCUT2D eigenvalue weighted by Crippen LogP contribution is -2.50. The molecule has 0 spiro atoms. The minimum absolute atomic E-state index is 0.0326. The summed E-state index contributed by atoms with van der Waals surface area (Å²) in [7, 11) is 0. The molecule has 0 heterocycles. The van der Waals surface area contributed by atoms with Crippen LogP contribution in [0.4, 0.5) is 4.79 Å². The van der Waals surface area contributed by atoms with Crippen LogP contribution in [0.25, 0.3) is 0 Å². The third-order valence-electron chi connectivity index (χ3n) is 8.12. The van der Waals surface area contributed by atoms with Gasteiger partial charge < -0.3 is 15.2 Å². The van der Waals surface area contributed by atoms with E-state index in [1.54, 1.807) is 12.2 Å². The van der Waals surface area contributed by atoms with E-state index in [0.29, 0.717) is 5.92 Å². The maximum Gasteiger partial charge on any atom is 0.407 e. The summed E-state index contributed by atoms with van der Waals surface area (Å²) in [5.74, 6) is 0.564. The van der Waals surface area contributed by atoms with Crippen molar-refractivity contribution >= 4 is 6.09 Å². The van der Waals surface area contributed by atoms with Gasteiger partial charge in [0.05, 0.1) is 12.1 Å². The highest BCUT2D eigenvalue weighted by molar-refractivity contribution is 5.67. The monoisotopic (exact) mass is 347 g/mol. The van der Waals surface area contributed by atoms with Gasteiger partial charge in [0.15, 0.2) is 0 Å². The molecule has 0 radical (unpaired) electrons. The summed E-state index contributed by atoms with van der Waals surface area (Å²) >= 11 is 0. The van der Waals surface area contributed by atoms with Crippen LogP contribution in [0.5, 0.6) is 0 Å². The summed E-state index contributed by atoms with van der Waals surface area (Å²) in [6.45, 7) is 14.7. The predicted octanol–water partition coefficient (Wildman–Crippen LogP) is 4.06. The van der Waals surface area contributed by atoms with Crippen LogP contribution in [-0.4, -0.2) is 29.4 Å². The Morgan fingerprint density at radius 3 is 2.24 bits per heavy atom. The van der Waals surface area contributed by atoms with Gasteiger partial charge in [-0.25, -0.2) is 4.79 Å². The zero-order chi connectivity index (χ0) is 18.5. The number of alkyl carbamates (subject to hydrolysis) is 1. The largest absolute Gasteiger partial charge is 0.446 e. The molecule has 0 aromatic rings. The molecule has 0 saturated heterocycles. The third kappa shape index (κ3) is 2.64. The third-order valence-corrected chi connectivity index (χ3v) is 8.12. The van der Waals surface area contributed by atoms with Gasteiger partial charge in [0.25, 0.3) is 0 Å². The molecule has 3 aliphatic carbocycles. The highest BCUT2D eigenvalue weighted by atomic mass is 16.6. The quantitative estimate of drug-likeness (QED) is 0.738. The minimum atomic E-state index is -1.01. The zero-order valence-corrected chi connectivity index (χ0v) is 15.9. The first-order valence-corrected chi connectivity index (χ1v) is 9.61. The van der Waals surface area contributed by atoms with Gasteiger partial charge >= 0.3 is 6.09 Å². The first kappa shape index (κ1) is 18.5. The van der Waals surface area contributed by atoms with E-state index in [1.807, 2.05) is 0 Å². The Bertz CT molecular complexity index is 553. The van der Waals surface area contributed by atoms with Crippen LogP contribution < -0.4 is 5.32 Å². The minimum Gasteiger partial charge on any atom is -0.446 e. The number of rotatable bonds is 5. The molecular formula is C21H33NO3. The lowest BCUT2D eigenvalue weighted by molar-refractivity contribution is -0.0212. The number of aliphatic hydroxyl groups is 1. The molecule has 2 bridgehead atoms. The second-order valence-electron chi connectivity index (χ2n) is 9.11. The molecule has 0 aromatic carbocycles. The number of carbonyl (C=O) groups excluding carboxylic acids is 1.